The predicted molar refractivity (Wildman–Crippen MR) is 151 cm³/mol. The summed E-state index contributed by atoms with van der Waals surface area (Å²) in [5, 5.41) is 12.8. The van der Waals surface area contributed by atoms with Crippen molar-refractivity contribution >= 4 is 34.6 Å². The topological polar surface area (TPSA) is 93.4 Å². The van der Waals surface area contributed by atoms with Gasteiger partial charge in [0.05, 0.1) is 17.3 Å². The van der Waals surface area contributed by atoms with Crippen LogP contribution in [0.3, 0.4) is 0 Å². The normalized spacial score (nSPS) is 12.2. The molecule has 0 fully saturated rings. The van der Waals surface area contributed by atoms with E-state index in [4.69, 9.17) is 4.74 Å². The lowest BCUT2D eigenvalue weighted by molar-refractivity contribution is -0.111. The standard InChI is InChI=1S/C30H25F2N3O4S/c1-17-5-10-22(11-6-17)35-28(37)26(15-20-8-12-24(39-30(31)32)25(14-20)38-4)40-29(35)23(16-33)27(36)34-21-9-7-18(2)19(3)13-21/h5-15,30H,1-4H3,(H,34,36)/b26-15+,29-23+. The summed E-state index contributed by atoms with van der Waals surface area (Å²) in [4.78, 5) is 26.9. The maximum atomic E-state index is 13.7. The molecule has 7 nitrogen and oxygen atoms in total. The lowest BCUT2D eigenvalue weighted by atomic mass is 10.1. The first-order valence-electron chi connectivity index (χ1n) is 12.1. The van der Waals surface area contributed by atoms with E-state index in [0.29, 0.717) is 16.9 Å². The number of aromatic nitrogens is 1. The SMILES string of the molecule is COc1cc(/C=c2/s/c(=C(\C#N)C(=O)Nc3ccc(C)c(C)c3)n(-c3ccc(C)cc3)c2=O)ccc1OC(F)F. The first kappa shape index (κ1) is 28.3. The number of ether oxygens (including phenoxy) is 2. The van der Waals surface area contributed by atoms with Gasteiger partial charge in [-0.2, -0.15) is 14.0 Å². The van der Waals surface area contributed by atoms with Crippen molar-refractivity contribution < 1.29 is 23.0 Å². The second kappa shape index (κ2) is 12.0. The number of benzene rings is 3. The van der Waals surface area contributed by atoms with Gasteiger partial charge in [0.15, 0.2) is 17.1 Å². The number of thiazole rings is 1. The van der Waals surface area contributed by atoms with Crippen LogP contribution in [0.25, 0.3) is 17.3 Å². The quantitative estimate of drug-likeness (QED) is 0.357. The van der Waals surface area contributed by atoms with Crippen molar-refractivity contribution in [2.24, 2.45) is 0 Å². The van der Waals surface area contributed by atoms with E-state index in [1.54, 1.807) is 24.3 Å². The number of rotatable bonds is 7. The van der Waals surface area contributed by atoms with Gasteiger partial charge in [0.1, 0.15) is 10.7 Å². The third-order valence-corrected chi connectivity index (χ3v) is 7.23. The number of nitrogens with one attached hydrogen (secondary N) is 1. The van der Waals surface area contributed by atoms with E-state index in [1.165, 1.54) is 36.0 Å². The molecule has 0 spiro atoms. The van der Waals surface area contributed by atoms with E-state index in [0.717, 1.165) is 28.0 Å². The molecular weight excluding hydrogens is 536 g/mol. The molecule has 0 saturated carbocycles. The lowest BCUT2D eigenvalue weighted by Crippen LogP contribution is -2.32. The molecule has 0 aliphatic rings. The summed E-state index contributed by atoms with van der Waals surface area (Å²) in [6.45, 7) is 2.74. The highest BCUT2D eigenvalue weighted by atomic mass is 32.1. The van der Waals surface area contributed by atoms with Crippen LogP contribution in [0.2, 0.25) is 0 Å². The van der Waals surface area contributed by atoms with E-state index in [1.807, 2.05) is 45.0 Å². The number of amides is 1. The Morgan fingerprint density at radius 2 is 1.75 bits per heavy atom. The van der Waals surface area contributed by atoms with Crippen molar-refractivity contribution in [3.05, 3.63) is 102 Å². The molecule has 40 heavy (non-hydrogen) atoms. The minimum absolute atomic E-state index is 0.0572. The predicted octanol–water partition coefficient (Wildman–Crippen LogP) is 4.58. The van der Waals surface area contributed by atoms with Crippen LogP contribution in [0.1, 0.15) is 22.3 Å². The van der Waals surface area contributed by atoms with E-state index in [-0.39, 0.29) is 26.3 Å². The Labute approximate surface area is 232 Å². The van der Waals surface area contributed by atoms with Crippen molar-refractivity contribution in [2.45, 2.75) is 27.4 Å². The van der Waals surface area contributed by atoms with Crippen molar-refractivity contribution in [2.75, 3.05) is 12.4 Å². The number of alkyl halides is 2. The molecule has 1 heterocycles. The van der Waals surface area contributed by atoms with Gasteiger partial charge in [0.2, 0.25) is 0 Å². The molecule has 4 rings (SSSR count). The Morgan fingerprint density at radius 3 is 2.38 bits per heavy atom. The number of carbonyl (C=O) groups excluding carboxylic acids is 1. The Balaban J connectivity index is 1.91. The molecule has 0 atom stereocenters. The second-order valence-electron chi connectivity index (χ2n) is 8.92. The molecule has 0 bridgehead atoms. The summed E-state index contributed by atoms with van der Waals surface area (Å²) in [5.41, 5.74) is 3.77. The monoisotopic (exact) mass is 561 g/mol. The summed E-state index contributed by atoms with van der Waals surface area (Å²) < 4.78 is 36.8. The Bertz CT molecular complexity index is 1800. The molecular formula is C30H25F2N3O4S. The van der Waals surface area contributed by atoms with Crippen molar-refractivity contribution in [3.8, 4) is 23.3 Å². The van der Waals surface area contributed by atoms with Crippen LogP contribution in [0.5, 0.6) is 11.5 Å². The number of halogens is 2. The number of hydrogen-bond acceptors (Lipinski definition) is 6. The number of hydrogen-bond donors (Lipinski definition) is 1. The minimum atomic E-state index is -3.03. The summed E-state index contributed by atoms with van der Waals surface area (Å²) in [6, 6.07) is 18.7. The highest BCUT2D eigenvalue weighted by Crippen LogP contribution is 2.29. The van der Waals surface area contributed by atoms with Gasteiger partial charge in [0.25, 0.3) is 11.5 Å². The molecule has 0 radical (unpaired) electrons. The van der Waals surface area contributed by atoms with E-state index >= 15 is 0 Å². The van der Waals surface area contributed by atoms with Crippen LogP contribution in [0, 0.1) is 32.1 Å². The maximum absolute atomic E-state index is 13.7. The van der Waals surface area contributed by atoms with Gasteiger partial charge in [0, 0.05) is 5.69 Å². The first-order chi connectivity index (χ1) is 19.1. The molecule has 10 heteroatoms. The fraction of sp³-hybridized carbons (Fsp3) is 0.167. The van der Waals surface area contributed by atoms with Crippen LogP contribution in [-0.4, -0.2) is 24.2 Å². The zero-order valence-electron chi connectivity index (χ0n) is 22.1. The minimum Gasteiger partial charge on any atom is -0.493 e. The number of nitriles is 1. The molecule has 0 unspecified atom stereocenters. The van der Waals surface area contributed by atoms with Gasteiger partial charge in [-0.1, -0.05) is 29.8 Å². The average Bonchev–Trinajstić information content (AvgIpc) is 3.22. The largest absolute Gasteiger partial charge is 0.493 e. The summed E-state index contributed by atoms with van der Waals surface area (Å²) in [7, 11) is 1.31. The Morgan fingerprint density at radius 1 is 1.02 bits per heavy atom. The van der Waals surface area contributed by atoms with Crippen LogP contribution >= 0.6 is 11.3 Å². The molecule has 1 aromatic heterocycles. The van der Waals surface area contributed by atoms with Crippen LogP contribution in [0.15, 0.2) is 65.5 Å². The maximum Gasteiger partial charge on any atom is 0.387 e. The van der Waals surface area contributed by atoms with Crippen LogP contribution in [0.4, 0.5) is 14.5 Å². The highest BCUT2D eigenvalue weighted by molar-refractivity contribution is 7.07. The summed E-state index contributed by atoms with van der Waals surface area (Å²) in [6.07, 6.45) is 1.53. The smallest absolute Gasteiger partial charge is 0.387 e. The van der Waals surface area contributed by atoms with Crippen LogP contribution in [-0.2, 0) is 4.79 Å². The highest BCUT2D eigenvalue weighted by Gasteiger charge is 2.18. The van der Waals surface area contributed by atoms with Crippen molar-refractivity contribution in [1.29, 1.82) is 5.26 Å². The summed E-state index contributed by atoms with van der Waals surface area (Å²) in [5.74, 6) is -0.752. The van der Waals surface area contributed by atoms with Gasteiger partial charge in [-0.15, -0.1) is 11.3 Å². The van der Waals surface area contributed by atoms with E-state index in [2.05, 4.69) is 10.1 Å². The summed E-state index contributed by atoms with van der Waals surface area (Å²) >= 11 is 0.968. The number of aryl methyl sites for hydroxylation is 3. The zero-order chi connectivity index (χ0) is 29.0. The molecule has 1 N–H and O–H groups in total. The molecule has 0 aliphatic carbocycles. The Hall–Kier alpha value is -4.75. The number of carbonyl (C=O) groups is 1. The van der Waals surface area contributed by atoms with Gasteiger partial charge in [-0.05, 0) is 79.9 Å². The third kappa shape index (κ3) is 6.11. The van der Waals surface area contributed by atoms with Gasteiger partial charge in [-0.3, -0.25) is 14.2 Å². The number of anilines is 1. The van der Waals surface area contributed by atoms with Gasteiger partial charge in [-0.25, -0.2) is 0 Å². The molecule has 4 aromatic rings. The van der Waals surface area contributed by atoms with Crippen molar-refractivity contribution in [3.63, 3.8) is 0 Å². The molecule has 204 valence electrons. The average molecular weight is 562 g/mol. The second-order valence-corrected chi connectivity index (χ2v) is 9.95. The van der Waals surface area contributed by atoms with Gasteiger partial charge < -0.3 is 14.8 Å². The van der Waals surface area contributed by atoms with Gasteiger partial charge >= 0.3 is 6.61 Å². The Kier molecular flexibility index (Phi) is 8.46. The lowest BCUT2D eigenvalue weighted by Gasteiger charge is -2.09. The van der Waals surface area contributed by atoms with Crippen molar-refractivity contribution in [1.82, 2.24) is 4.57 Å². The zero-order valence-corrected chi connectivity index (χ0v) is 22.9. The number of methoxy groups -OCH3 is 1. The molecule has 1 amide bonds. The fourth-order valence-electron chi connectivity index (χ4n) is 3.91. The first-order valence-corrected chi connectivity index (χ1v) is 12.9. The van der Waals surface area contributed by atoms with E-state index < -0.39 is 18.1 Å². The van der Waals surface area contributed by atoms with Crippen LogP contribution < -0.4 is 29.5 Å². The molecule has 0 aliphatic heterocycles. The third-order valence-electron chi connectivity index (χ3n) is 6.13. The molecule has 3 aromatic carbocycles. The fourth-order valence-corrected chi connectivity index (χ4v) is 5.01. The molecule has 0 saturated heterocycles. The number of nitrogens with zero attached hydrogens (tertiary/aromatic N) is 2. The van der Waals surface area contributed by atoms with E-state index in [9.17, 15) is 23.6 Å².